The number of halogens is 3. The molecule has 0 unspecified atom stereocenters. The third-order valence-electron chi connectivity index (χ3n) is 6.23. The molecule has 3 N–H and O–H groups in total. The fourth-order valence-electron chi connectivity index (χ4n) is 4.43. The Balaban J connectivity index is 1.36. The lowest BCUT2D eigenvalue weighted by molar-refractivity contribution is -0.149. The van der Waals surface area contributed by atoms with Crippen molar-refractivity contribution in [1.29, 1.82) is 0 Å². The van der Waals surface area contributed by atoms with E-state index in [0.717, 1.165) is 5.56 Å². The van der Waals surface area contributed by atoms with Crippen LogP contribution < -0.4 is 10.6 Å². The van der Waals surface area contributed by atoms with Gasteiger partial charge in [0.15, 0.2) is 0 Å². The second kappa shape index (κ2) is 12.2. The molecule has 8 nitrogen and oxygen atoms in total. The number of hydrogen-bond acceptors (Lipinski definition) is 5. The summed E-state index contributed by atoms with van der Waals surface area (Å²) >= 11 is 12.0. The molecule has 2 aromatic rings. The van der Waals surface area contributed by atoms with Gasteiger partial charge in [0, 0.05) is 12.2 Å². The van der Waals surface area contributed by atoms with Gasteiger partial charge in [-0.25, -0.2) is 9.18 Å². The number of carbonyl (C=O) groups is 2. The number of urea groups is 1. The summed E-state index contributed by atoms with van der Waals surface area (Å²) in [7, 11) is 0. The van der Waals surface area contributed by atoms with Crippen molar-refractivity contribution in [1.82, 2.24) is 10.2 Å². The molecule has 0 radical (unpaired) electrons. The lowest BCUT2D eigenvalue weighted by Crippen LogP contribution is -2.58. The van der Waals surface area contributed by atoms with E-state index in [0.29, 0.717) is 35.1 Å². The van der Waals surface area contributed by atoms with Crippen LogP contribution in [0.4, 0.5) is 14.9 Å². The summed E-state index contributed by atoms with van der Waals surface area (Å²) in [5.74, 6) is -0.511. The number of anilines is 1. The Morgan fingerprint density at radius 3 is 2.61 bits per heavy atom. The van der Waals surface area contributed by atoms with Crippen LogP contribution in [0.25, 0.3) is 0 Å². The maximum Gasteiger partial charge on any atom is 0.322 e. The second-order valence-electron chi connectivity index (χ2n) is 8.95. The number of benzene rings is 2. The van der Waals surface area contributed by atoms with Crippen molar-refractivity contribution >= 4 is 40.8 Å². The van der Waals surface area contributed by atoms with Crippen LogP contribution in [0.2, 0.25) is 10.0 Å². The smallest absolute Gasteiger partial charge is 0.322 e. The molecule has 0 aliphatic carbocycles. The molecule has 4 rings (SSSR count). The summed E-state index contributed by atoms with van der Waals surface area (Å²) in [6.45, 7) is 0.611. The first-order chi connectivity index (χ1) is 17.3. The Hall–Kier alpha value is -2.43. The number of nitrogens with zero attached hydrogens (tertiary/aromatic N) is 1. The number of rotatable bonds is 5. The van der Waals surface area contributed by atoms with Gasteiger partial charge in [-0.15, -0.1) is 0 Å². The van der Waals surface area contributed by atoms with Crippen molar-refractivity contribution in [3.05, 3.63) is 63.9 Å². The highest BCUT2D eigenvalue weighted by atomic mass is 35.5. The molecule has 2 heterocycles. The Morgan fingerprint density at radius 2 is 1.86 bits per heavy atom. The fraction of sp³-hybridized carbons (Fsp3) is 0.440. The third-order valence-corrected chi connectivity index (χ3v) is 6.97. The maximum atomic E-state index is 13.2. The van der Waals surface area contributed by atoms with Crippen LogP contribution in [-0.4, -0.2) is 66.1 Å². The van der Waals surface area contributed by atoms with Gasteiger partial charge < -0.3 is 30.1 Å². The van der Waals surface area contributed by atoms with E-state index in [1.54, 1.807) is 35.2 Å². The summed E-state index contributed by atoms with van der Waals surface area (Å²) in [4.78, 5) is 27.2. The highest BCUT2D eigenvalue weighted by Crippen LogP contribution is 2.29. The molecule has 2 aliphatic heterocycles. The lowest BCUT2D eigenvalue weighted by atomic mass is 9.95. The van der Waals surface area contributed by atoms with Gasteiger partial charge in [0.05, 0.1) is 54.5 Å². The fourth-order valence-corrected chi connectivity index (χ4v) is 4.72. The normalized spacial score (nSPS) is 24.3. The van der Waals surface area contributed by atoms with Crippen molar-refractivity contribution in [2.24, 2.45) is 0 Å². The zero-order valence-electron chi connectivity index (χ0n) is 19.5. The molecule has 11 heteroatoms. The van der Waals surface area contributed by atoms with E-state index in [1.165, 1.54) is 12.1 Å². The van der Waals surface area contributed by atoms with Crippen molar-refractivity contribution in [3.8, 4) is 0 Å². The minimum absolute atomic E-state index is 0.0615. The molecule has 194 valence electrons. The number of β-amino-alcohol motifs (C(OH)–C–C–N with tert-alkyl or cyclic N) is 1. The molecule has 2 aromatic carbocycles. The highest BCUT2D eigenvalue weighted by molar-refractivity contribution is 6.42. The maximum absolute atomic E-state index is 13.2. The molecule has 2 aliphatic rings. The number of ether oxygens (including phenoxy) is 2. The van der Waals surface area contributed by atoms with Crippen LogP contribution >= 0.6 is 23.2 Å². The van der Waals surface area contributed by atoms with E-state index in [-0.39, 0.29) is 50.0 Å². The lowest BCUT2D eigenvalue weighted by Gasteiger charge is -2.44. The summed E-state index contributed by atoms with van der Waals surface area (Å²) in [5, 5.41) is 16.6. The number of fused-ring (bicyclic) bond motifs is 1. The van der Waals surface area contributed by atoms with Crippen molar-refractivity contribution in [2.45, 2.75) is 50.2 Å². The van der Waals surface area contributed by atoms with Gasteiger partial charge in [-0.05, 0) is 48.7 Å². The molecule has 0 saturated carbocycles. The molecular formula is C25H28Cl2FN3O5. The van der Waals surface area contributed by atoms with Gasteiger partial charge in [0.25, 0.3) is 0 Å². The molecule has 36 heavy (non-hydrogen) atoms. The van der Waals surface area contributed by atoms with Crippen LogP contribution in [0, 0.1) is 5.82 Å². The summed E-state index contributed by atoms with van der Waals surface area (Å²) in [6.07, 6.45) is -0.361. The van der Waals surface area contributed by atoms with Gasteiger partial charge in [-0.3, -0.25) is 4.79 Å². The van der Waals surface area contributed by atoms with Crippen LogP contribution in [-0.2, 0) is 20.8 Å². The van der Waals surface area contributed by atoms with Crippen molar-refractivity contribution < 1.29 is 28.6 Å². The predicted octanol–water partition coefficient (Wildman–Crippen LogP) is 3.98. The summed E-state index contributed by atoms with van der Waals surface area (Å²) in [6, 6.07) is 9.98. The average Bonchev–Trinajstić information content (AvgIpc) is 2.84. The first-order valence-electron chi connectivity index (χ1n) is 11.7. The number of nitrogens with one attached hydrogen (secondary N) is 2. The van der Waals surface area contributed by atoms with Gasteiger partial charge in [0.1, 0.15) is 11.9 Å². The first kappa shape index (κ1) is 26.6. The summed E-state index contributed by atoms with van der Waals surface area (Å²) in [5.41, 5.74) is 1.27. The molecule has 2 fully saturated rings. The van der Waals surface area contributed by atoms with Gasteiger partial charge in [-0.1, -0.05) is 35.3 Å². The van der Waals surface area contributed by atoms with Gasteiger partial charge in [0.2, 0.25) is 5.91 Å². The topological polar surface area (TPSA) is 100 Å². The zero-order chi connectivity index (χ0) is 25.7. The molecule has 0 spiro atoms. The van der Waals surface area contributed by atoms with Crippen LogP contribution in [0.5, 0.6) is 0 Å². The average molecular weight is 540 g/mol. The van der Waals surface area contributed by atoms with E-state index in [1.807, 2.05) is 0 Å². The third kappa shape index (κ3) is 7.08. The van der Waals surface area contributed by atoms with Gasteiger partial charge >= 0.3 is 6.03 Å². The van der Waals surface area contributed by atoms with E-state index in [9.17, 15) is 19.1 Å². The Kier molecular flexibility index (Phi) is 9.03. The number of hydrogen-bond donors (Lipinski definition) is 3. The van der Waals surface area contributed by atoms with E-state index >= 15 is 0 Å². The van der Waals surface area contributed by atoms with Crippen molar-refractivity contribution in [2.75, 3.05) is 25.1 Å². The van der Waals surface area contributed by atoms with E-state index in [2.05, 4.69) is 10.6 Å². The molecule has 0 bridgehead atoms. The van der Waals surface area contributed by atoms with E-state index < -0.39 is 18.2 Å². The second-order valence-corrected chi connectivity index (χ2v) is 9.77. The standard InChI is InChI=1S/C25H28Cl2FN3O5/c26-20-7-5-17(9-21(20)27)30-25(34)31-12-18(32)13-35-14-23-22(31)8-6-19(36-23)10-24(33)29-11-15-1-3-16(28)4-2-15/h1-5,7,9,18-19,22-23,32H,6,8,10-14H2,(H,29,33)(H,30,34)/t18-,19-,22-,23+/m0/s1. The zero-order valence-corrected chi connectivity index (χ0v) is 21.0. The SMILES string of the molecule is O=C(C[C@@H]1CC[C@H]2[C@@H](COC[C@@H](O)CN2C(=O)Nc2ccc(Cl)c(Cl)c2)O1)NCc1ccc(F)cc1. The predicted molar refractivity (Wildman–Crippen MR) is 134 cm³/mol. The molecule has 2 saturated heterocycles. The largest absolute Gasteiger partial charge is 0.389 e. The number of amides is 3. The monoisotopic (exact) mass is 539 g/mol. The van der Waals surface area contributed by atoms with E-state index in [4.69, 9.17) is 32.7 Å². The number of aliphatic hydroxyl groups excluding tert-OH is 1. The molecule has 0 aromatic heterocycles. The first-order valence-corrected chi connectivity index (χ1v) is 12.5. The van der Waals surface area contributed by atoms with Crippen molar-refractivity contribution in [3.63, 3.8) is 0 Å². The quantitative estimate of drug-likeness (QED) is 0.533. The molecule has 4 atom stereocenters. The highest BCUT2D eigenvalue weighted by Gasteiger charge is 2.40. The minimum Gasteiger partial charge on any atom is -0.389 e. The van der Waals surface area contributed by atoms with Crippen LogP contribution in [0.15, 0.2) is 42.5 Å². The Morgan fingerprint density at radius 1 is 1.08 bits per heavy atom. The van der Waals surface area contributed by atoms with Gasteiger partial charge in [-0.2, -0.15) is 0 Å². The summed E-state index contributed by atoms with van der Waals surface area (Å²) < 4.78 is 24.8. The molecule has 3 amide bonds. The van der Waals surface area contributed by atoms with Crippen LogP contribution in [0.3, 0.4) is 0 Å². The minimum atomic E-state index is -0.847. The Labute approximate surface area is 218 Å². The van der Waals surface area contributed by atoms with Crippen LogP contribution in [0.1, 0.15) is 24.8 Å². The number of aliphatic hydroxyl groups is 1. The number of carbonyl (C=O) groups excluding carboxylic acids is 2. The molecular weight excluding hydrogens is 512 g/mol. The Bertz CT molecular complexity index is 1070.